The van der Waals surface area contributed by atoms with Gasteiger partial charge < -0.3 is 15.0 Å². The van der Waals surface area contributed by atoms with E-state index >= 15 is 0 Å². The van der Waals surface area contributed by atoms with Crippen LogP contribution in [0.5, 0.6) is 5.75 Å². The maximum Gasteiger partial charge on any atom is 0.264 e. The van der Waals surface area contributed by atoms with Gasteiger partial charge in [0.2, 0.25) is 5.91 Å². The van der Waals surface area contributed by atoms with Crippen LogP contribution in [0.15, 0.2) is 42.5 Å². The highest BCUT2D eigenvalue weighted by Crippen LogP contribution is 2.38. The fourth-order valence-electron chi connectivity index (χ4n) is 2.57. The Labute approximate surface area is 139 Å². The Morgan fingerprint density at radius 3 is 2.83 bits per heavy atom. The first-order chi connectivity index (χ1) is 11.6. The molecule has 2 aromatic rings. The van der Waals surface area contributed by atoms with Crippen LogP contribution in [0.1, 0.15) is 12.0 Å². The van der Waals surface area contributed by atoms with E-state index in [1.54, 1.807) is 43.4 Å². The van der Waals surface area contributed by atoms with E-state index in [-0.39, 0.29) is 30.7 Å². The van der Waals surface area contributed by atoms with Gasteiger partial charge in [-0.1, -0.05) is 24.3 Å². The minimum absolute atomic E-state index is 0.0639. The zero-order valence-electron chi connectivity index (χ0n) is 13.2. The zero-order chi connectivity index (χ0) is 17.1. The van der Waals surface area contributed by atoms with Crippen molar-refractivity contribution < 1.29 is 18.7 Å². The summed E-state index contributed by atoms with van der Waals surface area (Å²) in [6.45, 7) is -0.0639. The summed E-state index contributed by atoms with van der Waals surface area (Å²) < 4.78 is 19.0. The number of nitrogens with zero attached hydrogens (tertiary/aromatic N) is 1. The van der Waals surface area contributed by atoms with E-state index in [1.165, 1.54) is 11.0 Å². The SMILES string of the molecule is CN1C(=O)COc2c(NC(=O)CCc3ccccc3F)cccc21. The number of nitrogens with one attached hydrogen (secondary N) is 1. The monoisotopic (exact) mass is 328 g/mol. The summed E-state index contributed by atoms with van der Waals surface area (Å²) in [5.74, 6) is -0.231. The molecule has 0 atom stereocenters. The van der Waals surface area contributed by atoms with E-state index in [2.05, 4.69) is 5.32 Å². The number of anilines is 2. The molecule has 0 aromatic heterocycles. The van der Waals surface area contributed by atoms with E-state index in [0.717, 1.165) is 0 Å². The van der Waals surface area contributed by atoms with Gasteiger partial charge >= 0.3 is 0 Å². The van der Waals surface area contributed by atoms with Crippen molar-refractivity contribution in [3.8, 4) is 5.75 Å². The van der Waals surface area contributed by atoms with Crippen molar-refractivity contribution in [3.05, 3.63) is 53.8 Å². The minimum atomic E-state index is -0.314. The van der Waals surface area contributed by atoms with Crippen LogP contribution in [0.25, 0.3) is 0 Å². The number of para-hydroxylation sites is 1. The molecule has 1 aliphatic heterocycles. The molecule has 1 heterocycles. The molecule has 0 unspecified atom stereocenters. The lowest BCUT2D eigenvalue weighted by Crippen LogP contribution is -2.35. The van der Waals surface area contributed by atoms with Gasteiger partial charge in [0.25, 0.3) is 5.91 Å². The third-order valence-electron chi connectivity index (χ3n) is 3.92. The molecule has 6 heteroatoms. The quantitative estimate of drug-likeness (QED) is 0.939. The number of hydrogen-bond acceptors (Lipinski definition) is 3. The van der Waals surface area contributed by atoms with Crippen molar-refractivity contribution in [1.29, 1.82) is 0 Å². The number of ether oxygens (including phenoxy) is 1. The third-order valence-corrected chi connectivity index (χ3v) is 3.92. The molecule has 5 nitrogen and oxygen atoms in total. The van der Waals surface area contributed by atoms with E-state index in [9.17, 15) is 14.0 Å². The van der Waals surface area contributed by atoms with E-state index in [4.69, 9.17) is 4.74 Å². The topological polar surface area (TPSA) is 58.6 Å². The highest BCUT2D eigenvalue weighted by atomic mass is 19.1. The van der Waals surface area contributed by atoms with Gasteiger partial charge in [-0.25, -0.2) is 4.39 Å². The summed E-state index contributed by atoms with van der Waals surface area (Å²) in [6, 6.07) is 11.6. The second-order valence-electron chi connectivity index (χ2n) is 5.53. The molecule has 0 bridgehead atoms. The predicted molar refractivity (Wildman–Crippen MR) is 88.7 cm³/mol. The molecule has 0 saturated carbocycles. The second-order valence-corrected chi connectivity index (χ2v) is 5.53. The van der Waals surface area contributed by atoms with Gasteiger partial charge in [0.05, 0.1) is 11.4 Å². The number of aryl methyl sites for hydroxylation is 1. The molecule has 0 saturated heterocycles. The molecule has 2 aromatic carbocycles. The van der Waals surface area contributed by atoms with Crippen molar-refractivity contribution in [3.63, 3.8) is 0 Å². The number of amides is 2. The Balaban J connectivity index is 1.69. The van der Waals surface area contributed by atoms with Gasteiger partial charge in [0, 0.05) is 13.5 Å². The Morgan fingerprint density at radius 1 is 1.25 bits per heavy atom. The van der Waals surface area contributed by atoms with Crippen molar-refractivity contribution in [2.24, 2.45) is 0 Å². The predicted octanol–water partition coefficient (Wildman–Crippen LogP) is 2.75. The number of likely N-dealkylation sites (N-methyl/N-ethyl adjacent to an activating group) is 1. The Hall–Kier alpha value is -2.89. The maximum atomic E-state index is 13.6. The molecule has 0 aliphatic carbocycles. The number of halogens is 1. The molecule has 24 heavy (non-hydrogen) atoms. The van der Waals surface area contributed by atoms with Crippen LogP contribution in [0, 0.1) is 5.82 Å². The number of carbonyl (C=O) groups excluding carboxylic acids is 2. The van der Waals surface area contributed by atoms with Crippen LogP contribution in [0.4, 0.5) is 15.8 Å². The van der Waals surface area contributed by atoms with Gasteiger partial charge in [-0.05, 0) is 30.2 Å². The average molecular weight is 328 g/mol. The largest absolute Gasteiger partial charge is 0.479 e. The second kappa shape index (κ2) is 6.70. The lowest BCUT2D eigenvalue weighted by Gasteiger charge is -2.27. The molecule has 1 aliphatic rings. The van der Waals surface area contributed by atoms with Gasteiger partial charge in [-0.2, -0.15) is 0 Å². The van der Waals surface area contributed by atoms with Gasteiger partial charge in [-0.15, -0.1) is 0 Å². The van der Waals surface area contributed by atoms with Gasteiger partial charge in [0.1, 0.15) is 5.82 Å². The normalized spacial score (nSPS) is 13.2. The van der Waals surface area contributed by atoms with Crippen molar-refractivity contribution >= 4 is 23.2 Å². The van der Waals surface area contributed by atoms with Crippen molar-refractivity contribution in [2.75, 3.05) is 23.9 Å². The Bertz CT molecular complexity index is 792. The van der Waals surface area contributed by atoms with Crippen LogP contribution in [-0.2, 0) is 16.0 Å². The minimum Gasteiger partial charge on any atom is -0.479 e. The molecule has 124 valence electrons. The molecule has 1 N–H and O–H groups in total. The number of hydrogen-bond donors (Lipinski definition) is 1. The molecule has 3 rings (SSSR count). The number of benzene rings is 2. The standard InChI is InChI=1S/C18H17FN2O3/c1-21-15-8-4-7-14(18(15)24-11-17(21)23)20-16(22)10-9-12-5-2-3-6-13(12)19/h2-8H,9-11H2,1H3,(H,20,22). The first-order valence-electron chi connectivity index (χ1n) is 7.62. The van der Waals surface area contributed by atoms with Crippen LogP contribution >= 0.6 is 0 Å². The molecule has 0 spiro atoms. The summed E-state index contributed by atoms with van der Waals surface area (Å²) >= 11 is 0. The Morgan fingerprint density at radius 2 is 2.04 bits per heavy atom. The molecule has 0 fully saturated rings. The van der Waals surface area contributed by atoms with Crippen LogP contribution in [-0.4, -0.2) is 25.5 Å². The highest BCUT2D eigenvalue weighted by Gasteiger charge is 2.24. The smallest absolute Gasteiger partial charge is 0.264 e. The van der Waals surface area contributed by atoms with E-state index in [1.807, 2.05) is 0 Å². The average Bonchev–Trinajstić information content (AvgIpc) is 2.58. The zero-order valence-corrected chi connectivity index (χ0v) is 13.2. The number of carbonyl (C=O) groups is 2. The molecular weight excluding hydrogens is 311 g/mol. The van der Waals surface area contributed by atoms with Crippen LogP contribution < -0.4 is 15.0 Å². The van der Waals surface area contributed by atoms with Crippen LogP contribution in [0.2, 0.25) is 0 Å². The van der Waals surface area contributed by atoms with Crippen molar-refractivity contribution in [1.82, 2.24) is 0 Å². The van der Waals surface area contributed by atoms with E-state index < -0.39 is 0 Å². The summed E-state index contributed by atoms with van der Waals surface area (Å²) in [4.78, 5) is 25.3. The molecule has 2 amide bonds. The summed E-state index contributed by atoms with van der Waals surface area (Å²) in [7, 11) is 1.66. The van der Waals surface area contributed by atoms with Gasteiger partial charge in [0.15, 0.2) is 12.4 Å². The van der Waals surface area contributed by atoms with Gasteiger partial charge in [-0.3, -0.25) is 9.59 Å². The van der Waals surface area contributed by atoms with Crippen LogP contribution in [0.3, 0.4) is 0 Å². The lowest BCUT2D eigenvalue weighted by molar-refractivity contribution is -0.121. The Kier molecular flexibility index (Phi) is 4.46. The summed E-state index contributed by atoms with van der Waals surface area (Å²) in [5.41, 5.74) is 1.62. The van der Waals surface area contributed by atoms with Crippen molar-refractivity contribution in [2.45, 2.75) is 12.8 Å². The summed E-state index contributed by atoms with van der Waals surface area (Å²) in [6.07, 6.45) is 0.464. The first kappa shape index (κ1) is 16.0. The van der Waals surface area contributed by atoms with E-state index in [0.29, 0.717) is 29.1 Å². The first-order valence-corrected chi connectivity index (χ1v) is 7.62. The molecule has 0 radical (unpaired) electrons. The third kappa shape index (κ3) is 3.22. The fraction of sp³-hybridized carbons (Fsp3) is 0.222. The number of fused-ring (bicyclic) bond motifs is 1. The highest BCUT2D eigenvalue weighted by molar-refractivity contribution is 6.01. The lowest BCUT2D eigenvalue weighted by atomic mass is 10.1. The molecular formula is C18H17FN2O3. The number of rotatable bonds is 4. The maximum absolute atomic E-state index is 13.6. The fourth-order valence-corrected chi connectivity index (χ4v) is 2.57. The summed E-state index contributed by atoms with van der Waals surface area (Å²) in [5, 5.41) is 2.77.